The van der Waals surface area contributed by atoms with Gasteiger partial charge in [0.05, 0.1) is 10.7 Å². The number of anilines is 2. The van der Waals surface area contributed by atoms with Crippen molar-refractivity contribution in [1.82, 2.24) is 9.97 Å². The second kappa shape index (κ2) is 6.22. The summed E-state index contributed by atoms with van der Waals surface area (Å²) in [4.78, 5) is 18.8. The highest BCUT2D eigenvalue weighted by atomic mass is 35.5. The number of hydrogen-bond donors (Lipinski definition) is 2. The molecule has 3 aromatic rings. The van der Waals surface area contributed by atoms with Gasteiger partial charge in [-0.05, 0) is 31.2 Å². The number of H-pyrrole nitrogens is 1. The highest BCUT2D eigenvalue weighted by Gasteiger charge is 2.06. The van der Waals surface area contributed by atoms with Crippen molar-refractivity contribution in [3.8, 4) is 11.3 Å². The Bertz CT molecular complexity index is 924. The van der Waals surface area contributed by atoms with Gasteiger partial charge in [-0.3, -0.25) is 9.78 Å². The molecule has 0 aliphatic heterocycles. The Morgan fingerprint density at radius 3 is 2.74 bits per heavy atom. The van der Waals surface area contributed by atoms with E-state index in [9.17, 15) is 9.18 Å². The van der Waals surface area contributed by atoms with E-state index in [0.717, 1.165) is 11.1 Å². The van der Waals surface area contributed by atoms with Gasteiger partial charge in [0, 0.05) is 17.3 Å². The maximum Gasteiger partial charge on any atom is 0.252 e. The van der Waals surface area contributed by atoms with E-state index in [1.54, 1.807) is 6.07 Å². The fourth-order valence-corrected chi connectivity index (χ4v) is 2.30. The van der Waals surface area contributed by atoms with Gasteiger partial charge < -0.3 is 5.32 Å². The molecule has 23 heavy (non-hydrogen) atoms. The molecule has 6 heteroatoms. The highest BCUT2D eigenvalue weighted by molar-refractivity contribution is 6.30. The average Bonchev–Trinajstić information content (AvgIpc) is 2.50. The Morgan fingerprint density at radius 2 is 2.00 bits per heavy atom. The minimum atomic E-state index is -0.547. The lowest BCUT2D eigenvalue weighted by molar-refractivity contribution is 0.629. The van der Waals surface area contributed by atoms with E-state index in [4.69, 9.17) is 11.6 Å². The molecule has 0 fully saturated rings. The number of aryl methyl sites for hydroxylation is 1. The summed E-state index contributed by atoms with van der Waals surface area (Å²) in [7, 11) is 0. The van der Waals surface area contributed by atoms with Gasteiger partial charge in [0.2, 0.25) is 5.95 Å². The van der Waals surface area contributed by atoms with E-state index in [1.165, 1.54) is 18.2 Å². The molecule has 4 nitrogen and oxygen atoms in total. The lowest BCUT2D eigenvalue weighted by atomic mass is 10.1. The first-order valence-electron chi connectivity index (χ1n) is 6.92. The highest BCUT2D eigenvalue weighted by Crippen LogP contribution is 2.22. The molecule has 0 spiro atoms. The van der Waals surface area contributed by atoms with Crippen LogP contribution in [0.5, 0.6) is 0 Å². The van der Waals surface area contributed by atoms with Crippen LogP contribution in [0.1, 0.15) is 5.56 Å². The molecule has 3 rings (SSSR count). The first-order valence-corrected chi connectivity index (χ1v) is 7.29. The van der Waals surface area contributed by atoms with E-state index in [0.29, 0.717) is 11.4 Å². The molecule has 0 unspecified atom stereocenters. The van der Waals surface area contributed by atoms with E-state index in [-0.39, 0.29) is 16.5 Å². The first-order chi connectivity index (χ1) is 11.0. The average molecular weight is 330 g/mol. The third kappa shape index (κ3) is 3.57. The Kier molecular flexibility index (Phi) is 4.12. The number of rotatable bonds is 3. The van der Waals surface area contributed by atoms with E-state index in [1.807, 2.05) is 31.2 Å². The zero-order valence-electron chi connectivity index (χ0n) is 12.2. The maximum atomic E-state index is 13.5. The molecule has 0 aliphatic carbocycles. The van der Waals surface area contributed by atoms with Crippen molar-refractivity contribution in [2.24, 2.45) is 0 Å². The molecular formula is C17H13ClFN3O. The van der Waals surface area contributed by atoms with Crippen LogP contribution in [0.2, 0.25) is 5.02 Å². The van der Waals surface area contributed by atoms with E-state index < -0.39 is 5.82 Å². The summed E-state index contributed by atoms with van der Waals surface area (Å²) < 4.78 is 13.5. The van der Waals surface area contributed by atoms with Gasteiger partial charge in [-0.1, -0.05) is 35.4 Å². The minimum Gasteiger partial charge on any atom is -0.326 e. The summed E-state index contributed by atoms with van der Waals surface area (Å²) in [6, 6.07) is 13.4. The predicted molar refractivity (Wildman–Crippen MR) is 89.7 cm³/mol. The van der Waals surface area contributed by atoms with Crippen molar-refractivity contribution in [1.29, 1.82) is 0 Å². The molecule has 1 aromatic heterocycles. The molecule has 1 heterocycles. The van der Waals surface area contributed by atoms with Gasteiger partial charge in [-0.25, -0.2) is 9.37 Å². The number of nitrogens with one attached hydrogen (secondary N) is 2. The molecule has 2 aromatic carbocycles. The van der Waals surface area contributed by atoms with Crippen LogP contribution in [0, 0.1) is 12.7 Å². The fraction of sp³-hybridized carbons (Fsp3) is 0.0588. The first kappa shape index (κ1) is 15.2. The zero-order valence-corrected chi connectivity index (χ0v) is 13.0. The van der Waals surface area contributed by atoms with Gasteiger partial charge in [0.1, 0.15) is 5.82 Å². The van der Waals surface area contributed by atoms with Crippen molar-refractivity contribution in [2.45, 2.75) is 6.92 Å². The summed E-state index contributed by atoms with van der Waals surface area (Å²) in [5.41, 5.74) is 2.58. The molecule has 0 bridgehead atoms. The lowest BCUT2D eigenvalue weighted by Crippen LogP contribution is -2.10. The van der Waals surface area contributed by atoms with Gasteiger partial charge in [-0.15, -0.1) is 0 Å². The van der Waals surface area contributed by atoms with Crippen LogP contribution in [-0.4, -0.2) is 9.97 Å². The van der Waals surface area contributed by atoms with Crippen LogP contribution >= 0.6 is 11.6 Å². The molecule has 116 valence electrons. The summed E-state index contributed by atoms with van der Waals surface area (Å²) in [5.74, 6) is -0.315. The molecule has 0 amide bonds. The van der Waals surface area contributed by atoms with Crippen molar-refractivity contribution >= 4 is 23.2 Å². The van der Waals surface area contributed by atoms with Gasteiger partial charge in [0.15, 0.2) is 0 Å². The van der Waals surface area contributed by atoms with Gasteiger partial charge in [-0.2, -0.15) is 0 Å². The van der Waals surface area contributed by atoms with Crippen LogP contribution in [0.25, 0.3) is 11.3 Å². The van der Waals surface area contributed by atoms with Crippen LogP contribution in [0.15, 0.2) is 53.3 Å². The molecule has 2 N–H and O–H groups in total. The Balaban J connectivity index is 1.97. The molecular weight excluding hydrogens is 317 g/mol. The Hall–Kier alpha value is -2.66. The summed E-state index contributed by atoms with van der Waals surface area (Å²) in [6.07, 6.45) is 0. The van der Waals surface area contributed by atoms with E-state index >= 15 is 0 Å². The second-order valence-electron chi connectivity index (χ2n) is 5.10. The summed E-state index contributed by atoms with van der Waals surface area (Å²) in [5, 5.41) is 2.91. The fourth-order valence-electron chi connectivity index (χ4n) is 2.18. The Morgan fingerprint density at radius 1 is 1.17 bits per heavy atom. The largest absolute Gasteiger partial charge is 0.326 e. The SMILES string of the molecule is Cc1cccc(-c2cc(=O)[nH]c(Nc3ccc(Cl)c(F)c3)n2)c1. The summed E-state index contributed by atoms with van der Waals surface area (Å²) >= 11 is 5.65. The third-order valence-corrected chi connectivity index (χ3v) is 3.54. The number of hydrogen-bond acceptors (Lipinski definition) is 3. The second-order valence-corrected chi connectivity index (χ2v) is 5.51. The number of nitrogens with zero attached hydrogens (tertiary/aromatic N) is 1. The monoisotopic (exact) mass is 329 g/mol. The van der Waals surface area contributed by atoms with Gasteiger partial charge >= 0.3 is 0 Å². The van der Waals surface area contributed by atoms with Crippen molar-refractivity contribution < 1.29 is 4.39 Å². The van der Waals surface area contributed by atoms with Crippen LogP contribution in [0.3, 0.4) is 0 Å². The molecule has 0 saturated carbocycles. The predicted octanol–water partition coefficient (Wildman–Crippen LogP) is 4.28. The normalized spacial score (nSPS) is 10.6. The molecule has 0 saturated heterocycles. The zero-order chi connectivity index (χ0) is 16.4. The molecule has 0 aliphatic rings. The smallest absolute Gasteiger partial charge is 0.252 e. The minimum absolute atomic E-state index is 0.0329. The number of aromatic nitrogens is 2. The summed E-state index contributed by atoms with van der Waals surface area (Å²) in [6.45, 7) is 1.96. The van der Waals surface area contributed by atoms with Crippen LogP contribution in [-0.2, 0) is 0 Å². The number of benzene rings is 2. The van der Waals surface area contributed by atoms with E-state index in [2.05, 4.69) is 15.3 Å². The number of aromatic amines is 1. The third-order valence-electron chi connectivity index (χ3n) is 3.24. The van der Waals surface area contributed by atoms with Crippen LogP contribution in [0.4, 0.5) is 16.0 Å². The molecule has 0 atom stereocenters. The Labute approximate surface area is 137 Å². The van der Waals surface area contributed by atoms with Crippen molar-refractivity contribution in [3.05, 3.63) is 75.3 Å². The van der Waals surface area contributed by atoms with Crippen molar-refractivity contribution in [3.63, 3.8) is 0 Å². The lowest BCUT2D eigenvalue weighted by Gasteiger charge is -2.08. The maximum absolute atomic E-state index is 13.5. The quantitative estimate of drug-likeness (QED) is 0.754. The topological polar surface area (TPSA) is 57.8 Å². The van der Waals surface area contributed by atoms with Gasteiger partial charge in [0.25, 0.3) is 5.56 Å². The standard InChI is InChI=1S/C17H13ClFN3O/c1-10-3-2-4-11(7-10)15-9-16(23)22-17(21-15)20-12-5-6-13(18)14(19)8-12/h2-9H,1H3,(H2,20,21,22,23). The number of halogens is 2. The van der Waals surface area contributed by atoms with Crippen molar-refractivity contribution in [2.75, 3.05) is 5.32 Å². The molecule has 0 radical (unpaired) electrons. The van der Waals surface area contributed by atoms with Crippen LogP contribution < -0.4 is 10.9 Å².